The van der Waals surface area contributed by atoms with E-state index in [9.17, 15) is 4.39 Å². The summed E-state index contributed by atoms with van der Waals surface area (Å²) in [7, 11) is 0. The molecule has 1 saturated heterocycles. The number of rotatable bonds is 5. The smallest absolute Gasteiger partial charge is 0.159 e. The lowest BCUT2D eigenvalue weighted by atomic mass is 10.2. The minimum atomic E-state index is -0.482. The number of benzene rings is 1. The molecule has 0 unspecified atom stereocenters. The third kappa shape index (κ3) is 4.09. The maximum atomic E-state index is 13.3. The van der Waals surface area contributed by atoms with Crippen LogP contribution in [0.1, 0.15) is 0 Å². The van der Waals surface area contributed by atoms with Crippen molar-refractivity contribution in [3.8, 4) is 0 Å². The summed E-state index contributed by atoms with van der Waals surface area (Å²) in [5.74, 6) is 0.629. The summed E-state index contributed by atoms with van der Waals surface area (Å²) >= 11 is 5.80. The lowest BCUT2D eigenvalue weighted by Gasteiger charge is -2.35. The molecule has 3 rings (SSSR count). The van der Waals surface area contributed by atoms with E-state index in [2.05, 4.69) is 25.1 Å². The fourth-order valence-corrected chi connectivity index (χ4v) is 2.95. The van der Waals surface area contributed by atoms with Crippen molar-refractivity contribution in [2.45, 2.75) is 0 Å². The number of halogens is 2. The number of aromatic nitrogens is 2. The van der Waals surface area contributed by atoms with E-state index in [0.29, 0.717) is 29.6 Å². The second kappa shape index (κ2) is 7.81. The Morgan fingerprint density at radius 3 is 2.68 bits per heavy atom. The van der Waals surface area contributed by atoms with E-state index in [-0.39, 0.29) is 11.6 Å². The highest BCUT2D eigenvalue weighted by atomic mass is 35.5. The van der Waals surface area contributed by atoms with E-state index < -0.39 is 5.82 Å². The van der Waals surface area contributed by atoms with Gasteiger partial charge in [0.15, 0.2) is 11.6 Å². The SMILES string of the molecule is Nc1c(Nc2ccc(F)c(Cl)c2)ncnc1N1CCN(CCO)CC1. The number of aliphatic hydroxyl groups is 1. The fraction of sp³-hybridized carbons (Fsp3) is 0.375. The van der Waals surface area contributed by atoms with Crippen LogP contribution in [0.15, 0.2) is 24.5 Å². The number of aliphatic hydroxyl groups excluding tert-OH is 1. The standard InChI is InChI=1S/C16H20ClFN6O/c17-12-9-11(1-2-13(12)18)22-15-14(19)16(21-10-20-15)24-5-3-23(4-6-24)7-8-25/h1-2,9-10,25H,3-8,19H2,(H,20,21,22). The molecule has 1 aromatic heterocycles. The molecular weight excluding hydrogens is 347 g/mol. The van der Waals surface area contributed by atoms with Gasteiger partial charge in [-0.15, -0.1) is 0 Å². The Balaban J connectivity index is 1.75. The molecular formula is C16H20ClFN6O. The van der Waals surface area contributed by atoms with Crippen molar-refractivity contribution in [3.63, 3.8) is 0 Å². The molecule has 2 aromatic rings. The van der Waals surface area contributed by atoms with E-state index in [1.54, 1.807) is 6.07 Å². The molecule has 7 nitrogen and oxygen atoms in total. The second-order valence-corrected chi connectivity index (χ2v) is 6.17. The predicted molar refractivity (Wildman–Crippen MR) is 96.9 cm³/mol. The van der Waals surface area contributed by atoms with Crippen LogP contribution in [-0.2, 0) is 0 Å². The number of hydrogen-bond acceptors (Lipinski definition) is 7. The van der Waals surface area contributed by atoms with Crippen molar-refractivity contribution in [1.82, 2.24) is 14.9 Å². The van der Waals surface area contributed by atoms with Gasteiger partial charge in [0.25, 0.3) is 0 Å². The zero-order valence-electron chi connectivity index (χ0n) is 13.6. The van der Waals surface area contributed by atoms with Gasteiger partial charge < -0.3 is 21.1 Å². The Labute approximate surface area is 150 Å². The van der Waals surface area contributed by atoms with Gasteiger partial charge in [-0.25, -0.2) is 14.4 Å². The third-order valence-corrected chi connectivity index (χ3v) is 4.42. The molecule has 2 heterocycles. The van der Waals surface area contributed by atoms with Gasteiger partial charge in [-0.05, 0) is 18.2 Å². The van der Waals surface area contributed by atoms with E-state index in [0.717, 1.165) is 26.2 Å². The van der Waals surface area contributed by atoms with Crippen LogP contribution in [0.25, 0.3) is 0 Å². The lowest BCUT2D eigenvalue weighted by Crippen LogP contribution is -2.47. The van der Waals surface area contributed by atoms with Crippen LogP contribution in [0.2, 0.25) is 5.02 Å². The highest BCUT2D eigenvalue weighted by molar-refractivity contribution is 6.31. The largest absolute Gasteiger partial charge is 0.395 e. The predicted octanol–water partition coefficient (Wildman–Crippen LogP) is 1.71. The van der Waals surface area contributed by atoms with E-state index in [1.807, 2.05) is 0 Å². The van der Waals surface area contributed by atoms with Crippen LogP contribution in [0.5, 0.6) is 0 Å². The van der Waals surface area contributed by atoms with Gasteiger partial charge in [0.2, 0.25) is 0 Å². The van der Waals surface area contributed by atoms with Crippen LogP contribution in [0.4, 0.5) is 27.4 Å². The highest BCUT2D eigenvalue weighted by Gasteiger charge is 2.21. The van der Waals surface area contributed by atoms with Crippen molar-refractivity contribution < 1.29 is 9.50 Å². The number of piperazine rings is 1. The number of anilines is 4. The average molecular weight is 367 g/mol. The molecule has 1 aliphatic heterocycles. The Kier molecular flexibility index (Phi) is 5.52. The Morgan fingerprint density at radius 1 is 1.24 bits per heavy atom. The first-order valence-electron chi connectivity index (χ1n) is 7.99. The summed E-state index contributed by atoms with van der Waals surface area (Å²) in [4.78, 5) is 12.8. The monoisotopic (exact) mass is 366 g/mol. The summed E-state index contributed by atoms with van der Waals surface area (Å²) < 4.78 is 13.3. The molecule has 0 saturated carbocycles. The Morgan fingerprint density at radius 2 is 2.00 bits per heavy atom. The topological polar surface area (TPSA) is 90.5 Å². The van der Waals surface area contributed by atoms with Crippen molar-refractivity contribution in [1.29, 1.82) is 0 Å². The van der Waals surface area contributed by atoms with Gasteiger partial charge in [-0.3, -0.25) is 4.90 Å². The molecule has 1 fully saturated rings. The molecule has 1 aromatic carbocycles. The van der Waals surface area contributed by atoms with Crippen LogP contribution in [0.3, 0.4) is 0 Å². The van der Waals surface area contributed by atoms with Crippen LogP contribution in [0, 0.1) is 5.82 Å². The molecule has 0 spiro atoms. The highest BCUT2D eigenvalue weighted by Crippen LogP contribution is 2.30. The minimum Gasteiger partial charge on any atom is -0.395 e. The fourth-order valence-electron chi connectivity index (χ4n) is 2.77. The number of nitrogens with one attached hydrogen (secondary N) is 1. The van der Waals surface area contributed by atoms with Crippen molar-refractivity contribution >= 4 is 34.6 Å². The van der Waals surface area contributed by atoms with Crippen LogP contribution >= 0.6 is 11.6 Å². The van der Waals surface area contributed by atoms with Gasteiger partial charge in [-0.2, -0.15) is 0 Å². The molecule has 0 bridgehead atoms. The third-order valence-electron chi connectivity index (χ3n) is 4.13. The molecule has 134 valence electrons. The molecule has 1 aliphatic rings. The van der Waals surface area contributed by atoms with Gasteiger partial charge in [0, 0.05) is 38.4 Å². The van der Waals surface area contributed by atoms with Crippen molar-refractivity contribution in [3.05, 3.63) is 35.4 Å². The molecule has 0 radical (unpaired) electrons. The van der Waals surface area contributed by atoms with Crippen molar-refractivity contribution in [2.24, 2.45) is 0 Å². The maximum absolute atomic E-state index is 13.3. The lowest BCUT2D eigenvalue weighted by molar-refractivity contribution is 0.188. The summed E-state index contributed by atoms with van der Waals surface area (Å²) in [6.07, 6.45) is 1.44. The maximum Gasteiger partial charge on any atom is 0.159 e. The first kappa shape index (κ1) is 17.7. The first-order chi connectivity index (χ1) is 12.1. The number of nitrogens with zero attached hydrogens (tertiary/aromatic N) is 4. The quantitative estimate of drug-likeness (QED) is 0.742. The summed E-state index contributed by atoms with van der Waals surface area (Å²) in [5, 5.41) is 12.1. The number of hydrogen-bond donors (Lipinski definition) is 3. The minimum absolute atomic E-state index is 0.0258. The number of nitrogen functional groups attached to an aromatic ring is 1. The second-order valence-electron chi connectivity index (χ2n) is 5.77. The van der Waals surface area contributed by atoms with Crippen LogP contribution in [-0.4, -0.2) is 59.3 Å². The molecule has 0 amide bonds. The number of nitrogens with two attached hydrogens (primary N) is 1. The van der Waals surface area contributed by atoms with Crippen molar-refractivity contribution in [2.75, 3.05) is 55.3 Å². The molecule has 25 heavy (non-hydrogen) atoms. The molecule has 0 atom stereocenters. The summed E-state index contributed by atoms with van der Waals surface area (Å²) in [5.41, 5.74) is 7.26. The first-order valence-corrected chi connectivity index (χ1v) is 8.37. The molecule has 0 aliphatic carbocycles. The molecule has 4 N–H and O–H groups in total. The van der Waals surface area contributed by atoms with Gasteiger partial charge in [-0.1, -0.05) is 11.6 Å². The van der Waals surface area contributed by atoms with Gasteiger partial charge >= 0.3 is 0 Å². The summed E-state index contributed by atoms with van der Waals surface area (Å²) in [6.45, 7) is 4.03. The van der Waals surface area contributed by atoms with Crippen LogP contribution < -0.4 is 16.0 Å². The normalized spacial score (nSPS) is 15.4. The molecule has 9 heteroatoms. The zero-order valence-corrected chi connectivity index (χ0v) is 14.4. The zero-order chi connectivity index (χ0) is 17.8. The van der Waals surface area contributed by atoms with Gasteiger partial charge in [0.1, 0.15) is 17.8 Å². The Bertz CT molecular complexity index is 739. The van der Waals surface area contributed by atoms with E-state index in [4.69, 9.17) is 22.4 Å². The number of β-amino-alcohol motifs (C(OH)–C–C–N with tert-alkyl or cyclic N) is 1. The van der Waals surface area contributed by atoms with E-state index >= 15 is 0 Å². The van der Waals surface area contributed by atoms with E-state index in [1.165, 1.54) is 18.5 Å². The Hall–Kier alpha value is -2.16. The average Bonchev–Trinajstić information content (AvgIpc) is 2.61. The van der Waals surface area contributed by atoms with Gasteiger partial charge in [0.05, 0.1) is 11.6 Å². The summed E-state index contributed by atoms with van der Waals surface area (Å²) in [6, 6.07) is 4.32.